The lowest BCUT2D eigenvalue weighted by Gasteiger charge is -2.31. The monoisotopic (exact) mass is 305 g/mol. The molecular weight excluding hydrogens is 282 g/mol. The fraction of sp³-hybridized carbons (Fsp3) is 0.800. The highest BCUT2D eigenvalue weighted by molar-refractivity contribution is 7.99. The summed E-state index contributed by atoms with van der Waals surface area (Å²) in [5, 5.41) is 18.6. The Kier molecular flexibility index (Phi) is 4.69. The zero-order valence-corrected chi connectivity index (χ0v) is 13.5. The van der Waals surface area contributed by atoms with E-state index in [1.807, 2.05) is 0 Å². The van der Waals surface area contributed by atoms with Gasteiger partial charge in [0.15, 0.2) is 5.16 Å². The van der Waals surface area contributed by atoms with Crippen LogP contribution in [0.4, 0.5) is 5.95 Å². The Morgan fingerprint density at radius 3 is 2.67 bits per heavy atom. The standard InChI is InChI=1S/C15H23N5S/c1-12-6-9-19(10-7-12)14-17-18-15(20(14)13-4-5-13)21-11-3-2-8-16/h12-13H,2-7,9-11H2,1H3. The number of unbranched alkanes of at least 4 members (excludes halogenated alkanes) is 1. The van der Waals surface area contributed by atoms with Gasteiger partial charge in [0, 0.05) is 31.3 Å². The van der Waals surface area contributed by atoms with Gasteiger partial charge in [-0.25, -0.2) is 0 Å². The average Bonchev–Trinajstić information content (AvgIpc) is 3.25. The molecule has 0 atom stereocenters. The Morgan fingerprint density at radius 2 is 2.00 bits per heavy atom. The summed E-state index contributed by atoms with van der Waals surface area (Å²) < 4.78 is 2.35. The van der Waals surface area contributed by atoms with E-state index in [4.69, 9.17) is 5.26 Å². The Morgan fingerprint density at radius 1 is 1.24 bits per heavy atom. The van der Waals surface area contributed by atoms with Gasteiger partial charge in [-0.1, -0.05) is 18.7 Å². The van der Waals surface area contributed by atoms with Gasteiger partial charge in [-0.2, -0.15) is 5.26 Å². The number of anilines is 1. The number of hydrogen-bond acceptors (Lipinski definition) is 5. The lowest BCUT2D eigenvalue weighted by atomic mass is 10.00. The van der Waals surface area contributed by atoms with Crippen molar-refractivity contribution in [1.82, 2.24) is 14.8 Å². The van der Waals surface area contributed by atoms with Crippen LogP contribution in [0.25, 0.3) is 0 Å². The van der Waals surface area contributed by atoms with E-state index in [0.717, 1.165) is 42.3 Å². The molecule has 6 heteroatoms. The lowest BCUT2D eigenvalue weighted by molar-refractivity contribution is 0.429. The molecule has 1 saturated heterocycles. The summed E-state index contributed by atoms with van der Waals surface area (Å²) in [5.41, 5.74) is 0. The third-order valence-electron chi connectivity index (χ3n) is 4.29. The van der Waals surface area contributed by atoms with Crippen molar-refractivity contribution >= 4 is 17.7 Å². The second kappa shape index (κ2) is 6.69. The second-order valence-electron chi connectivity index (χ2n) is 6.16. The van der Waals surface area contributed by atoms with Gasteiger partial charge >= 0.3 is 0 Å². The maximum absolute atomic E-state index is 8.61. The van der Waals surface area contributed by atoms with Crippen LogP contribution in [0.1, 0.15) is 51.5 Å². The smallest absolute Gasteiger partial charge is 0.228 e. The van der Waals surface area contributed by atoms with Gasteiger partial charge in [-0.15, -0.1) is 10.2 Å². The molecule has 0 radical (unpaired) electrons. The van der Waals surface area contributed by atoms with Crippen molar-refractivity contribution in [2.75, 3.05) is 23.7 Å². The van der Waals surface area contributed by atoms with Gasteiger partial charge in [0.2, 0.25) is 5.95 Å². The van der Waals surface area contributed by atoms with Gasteiger partial charge in [0.1, 0.15) is 0 Å². The minimum Gasteiger partial charge on any atom is -0.341 e. The van der Waals surface area contributed by atoms with Gasteiger partial charge in [-0.05, 0) is 38.0 Å². The number of aromatic nitrogens is 3. The van der Waals surface area contributed by atoms with Crippen LogP contribution in [-0.2, 0) is 0 Å². The van der Waals surface area contributed by atoms with Crippen molar-refractivity contribution < 1.29 is 0 Å². The van der Waals surface area contributed by atoms with E-state index in [0.29, 0.717) is 12.5 Å². The summed E-state index contributed by atoms with van der Waals surface area (Å²) in [6, 6.07) is 2.80. The Labute approximate surface area is 130 Å². The molecule has 0 aromatic carbocycles. The van der Waals surface area contributed by atoms with E-state index in [1.54, 1.807) is 11.8 Å². The second-order valence-corrected chi connectivity index (χ2v) is 7.23. The van der Waals surface area contributed by atoms with Crippen molar-refractivity contribution in [2.45, 2.75) is 56.6 Å². The first-order valence-electron chi connectivity index (χ1n) is 7.99. The average molecular weight is 305 g/mol. The van der Waals surface area contributed by atoms with Crippen molar-refractivity contribution in [2.24, 2.45) is 5.92 Å². The van der Waals surface area contributed by atoms with E-state index in [-0.39, 0.29) is 0 Å². The summed E-state index contributed by atoms with van der Waals surface area (Å²) in [6.07, 6.45) is 6.56. The molecule has 1 saturated carbocycles. The number of piperidine rings is 1. The molecule has 5 nitrogen and oxygen atoms in total. The molecule has 2 aliphatic rings. The molecule has 0 spiro atoms. The van der Waals surface area contributed by atoms with E-state index < -0.39 is 0 Å². The fourth-order valence-electron chi connectivity index (χ4n) is 2.76. The van der Waals surface area contributed by atoms with Gasteiger partial charge in [0.05, 0.1) is 6.07 Å². The van der Waals surface area contributed by atoms with Crippen molar-refractivity contribution in [3.63, 3.8) is 0 Å². The number of nitriles is 1. The topological polar surface area (TPSA) is 57.7 Å². The molecular formula is C15H23N5S. The number of hydrogen-bond donors (Lipinski definition) is 0. The SMILES string of the molecule is CC1CCN(c2nnc(SCCCC#N)n2C2CC2)CC1. The van der Waals surface area contributed by atoms with Gasteiger partial charge in [0.25, 0.3) is 0 Å². The molecule has 1 aromatic rings. The molecule has 2 fully saturated rings. The Balaban J connectivity index is 1.69. The van der Waals surface area contributed by atoms with Crippen molar-refractivity contribution in [3.05, 3.63) is 0 Å². The van der Waals surface area contributed by atoms with Crippen LogP contribution in [-0.4, -0.2) is 33.6 Å². The van der Waals surface area contributed by atoms with E-state index in [1.165, 1.54) is 25.7 Å². The minimum absolute atomic E-state index is 0.604. The van der Waals surface area contributed by atoms with Crippen LogP contribution >= 0.6 is 11.8 Å². The predicted molar refractivity (Wildman–Crippen MR) is 84.5 cm³/mol. The number of nitrogens with zero attached hydrogens (tertiary/aromatic N) is 5. The zero-order valence-electron chi connectivity index (χ0n) is 12.7. The highest BCUT2D eigenvalue weighted by Crippen LogP contribution is 2.41. The highest BCUT2D eigenvalue weighted by atomic mass is 32.2. The first kappa shape index (κ1) is 14.7. The van der Waals surface area contributed by atoms with E-state index >= 15 is 0 Å². The van der Waals surface area contributed by atoms with Crippen LogP contribution in [0, 0.1) is 17.2 Å². The number of thioether (sulfide) groups is 1. The molecule has 0 unspecified atom stereocenters. The predicted octanol–water partition coefficient (Wildman–Crippen LogP) is 3.25. The highest BCUT2D eigenvalue weighted by Gasteiger charge is 2.32. The summed E-state index contributed by atoms with van der Waals surface area (Å²) in [7, 11) is 0. The first-order chi connectivity index (χ1) is 10.3. The van der Waals surface area contributed by atoms with E-state index in [9.17, 15) is 0 Å². The Hall–Kier alpha value is -1.22. The first-order valence-corrected chi connectivity index (χ1v) is 8.97. The third kappa shape index (κ3) is 3.52. The van der Waals surface area contributed by atoms with Crippen LogP contribution in [0.2, 0.25) is 0 Å². The Bertz CT molecular complexity index is 509. The number of rotatable bonds is 6. The third-order valence-corrected chi connectivity index (χ3v) is 5.32. The van der Waals surface area contributed by atoms with Crippen molar-refractivity contribution in [3.8, 4) is 6.07 Å². The fourth-order valence-corrected chi connectivity index (χ4v) is 3.70. The summed E-state index contributed by atoms with van der Waals surface area (Å²) >= 11 is 1.75. The maximum Gasteiger partial charge on any atom is 0.228 e. The van der Waals surface area contributed by atoms with E-state index in [2.05, 4.69) is 32.7 Å². The molecule has 0 amide bonds. The van der Waals surface area contributed by atoms with Crippen LogP contribution in [0.3, 0.4) is 0 Å². The van der Waals surface area contributed by atoms with Crippen LogP contribution < -0.4 is 4.90 Å². The van der Waals surface area contributed by atoms with Gasteiger partial charge < -0.3 is 4.90 Å². The molecule has 2 heterocycles. The van der Waals surface area contributed by atoms with Crippen molar-refractivity contribution in [1.29, 1.82) is 5.26 Å². The lowest BCUT2D eigenvalue weighted by Crippen LogP contribution is -2.34. The summed E-state index contributed by atoms with van der Waals surface area (Å²) in [4.78, 5) is 2.41. The largest absolute Gasteiger partial charge is 0.341 e. The molecule has 21 heavy (non-hydrogen) atoms. The van der Waals surface area contributed by atoms with Crippen LogP contribution in [0.5, 0.6) is 0 Å². The quantitative estimate of drug-likeness (QED) is 0.596. The molecule has 3 rings (SSSR count). The molecule has 0 bridgehead atoms. The molecule has 1 aliphatic carbocycles. The van der Waals surface area contributed by atoms with Gasteiger partial charge in [-0.3, -0.25) is 4.57 Å². The van der Waals surface area contributed by atoms with Crippen LogP contribution in [0.15, 0.2) is 5.16 Å². The zero-order chi connectivity index (χ0) is 14.7. The minimum atomic E-state index is 0.604. The molecule has 114 valence electrons. The molecule has 1 aliphatic heterocycles. The molecule has 1 aromatic heterocycles. The normalized spacial score (nSPS) is 19.7. The molecule has 0 N–H and O–H groups in total. The maximum atomic E-state index is 8.61. The summed E-state index contributed by atoms with van der Waals surface area (Å²) in [5.74, 6) is 2.86. The summed E-state index contributed by atoms with van der Waals surface area (Å²) in [6.45, 7) is 4.54.